The number of carbonyl (C=O) groups excluding carboxylic acids is 4. The fourth-order valence-electron chi connectivity index (χ4n) is 4.22. The first-order chi connectivity index (χ1) is 17.5. The number of hydrogen-bond acceptors (Lipinski definition) is 9. The van der Waals surface area contributed by atoms with E-state index in [-0.39, 0.29) is 43.7 Å². The SMILES string of the molecule is O=C1CCC(N2C(=O)c3cccc(NCc4cnc(-c5ccc(OCCO)cc5)o4)c3C2=O)C(=O)N1. The zero-order valence-corrected chi connectivity index (χ0v) is 19.0. The third-order valence-corrected chi connectivity index (χ3v) is 5.94. The summed E-state index contributed by atoms with van der Waals surface area (Å²) in [5, 5.41) is 14.2. The van der Waals surface area contributed by atoms with Crippen LogP contribution in [0.4, 0.5) is 5.69 Å². The molecule has 36 heavy (non-hydrogen) atoms. The number of aliphatic hydroxyl groups is 1. The Kier molecular flexibility index (Phi) is 6.21. The molecule has 4 amide bonds. The minimum Gasteiger partial charge on any atom is -0.491 e. The molecule has 1 saturated heterocycles. The van der Waals surface area contributed by atoms with Crippen molar-refractivity contribution in [2.75, 3.05) is 18.5 Å². The van der Waals surface area contributed by atoms with Crippen molar-refractivity contribution in [3.8, 4) is 17.2 Å². The third-order valence-electron chi connectivity index (χ3n) is 5.94. The number of imide groups is 2. The van der Waals surface area contributed by atoms with E-state index in [1.165, 1.54) is 6.07 Å². The van der Waals surface area contributed by atoms with Gasteiger partial charge in [0.25, 0.3) is 11.8 Å². The minimum atomic E-state index is -1.03. The Morgan fingerprint density at radius 3 is 2.67 bits per heavy atom. The number of fused-ring (bicyclic) bond motifs is 1. The molecule has 0 saturated carbocycles. The maximum atomic E-state index is 13.2. The highest BCUT2D eigenvalue weighted by Gasteiger charge is 2.45. The molecule has 1 aromatic heterocycles. The molecule has 1 fully saturated rings. The molecule has 0 aliphatic carbocycles. The highest BCUT2D eigenvalue weighted by atomic mass is 16.5. The van der Waals surface area contributed by atoms with E-state index in [2.05, 4.69) is 15.6 Å². The Bertz CT molecular complexity index is 1350. The lowest BCUT2D eigenvalue weighted by atomic mass is 10.0. The van der Waals surface area contributed by atoms with E-state index in [9.17, 15) is 19.2 Å². The topological polar surface area (TPSA) is 151 Å². The fourth-order valence-corrected chi connectivity index (χ4v) is 4.22. The average Bonchev–Trinajstić information content (AvgIpc) is 3.45. The summed E-state index contributed by atoms with van der Waals surface area (Å²) in [4.78, 5) is 55.1. The van der Waals surface area contributed by atoms with Crippen LogP contribution in [0.2, 0.25) is 0 Å². The summed E-state index contributed by atoms with van der Waals surface area (Å²) in [7, 11) is 0. The maximum absolute atomic E-state index is 13.2. The van der Waals surface area contributed by atoms with Crippen molar-refractivity contribution in [1.82, 2.24) is 15.2 Å². The van der Waals surface area contributed by atoms with Crippen molar-refractivity contribution in [1.29, 1.82) is 0 Å². The number of oxazole rings is 1. The van der Waals surface area contributed by atoms with Gasteiger partial charge in [0.1, 0.15) is 24.2 Å². The molecule has 0 spiro atoms. The van der Waals surface area contributed by atoms with Crippen molar-refractivity contribution in [2.24, 2.45) is 0 Å². The lowest BCUT2D eigenvalue weighted by molar-refractivity contribution is -0.136. The zero-order valence-electron chi connectivity index (χ0n) is 19.0. The Balaban J connectivity index is 1.30. The Morgan fingerprint density at radius 1 is 1.11 bits per heavy atom. The van der Waals surface area contributed by atoms with Crippen LogP contribution < -0.4 is 15.4 Å². The second kappa shape index (κ2) is 9.62. The molecule has 3 aromatic rings. The van der Waals surface area contributed by atoms with Gasteiger partial charge in [-0.1, -0.05) is 6.07 Å². The molecule has 184 valence electrons. The fraction of sp³-hybridized carbons (Fsp3) is 0.240. The summed E-state index contributed by atoms with van der Waals surface area (Å²) in [5.41, 5.74) is 1.52. The minimum absolute atomic E-state index is 0.0567. The van der Waals surface area contributed by atoms with Crippen LogP contribution in [0.5, 0.6) is 5.75 Å². The normalized spacial score (nSPS) is 17.2. The van der Waals surface area contributed by atoms with E-state index in [0.29, 0.717) is 23.1 Å². The molecule has 2 aromatic carbocycles. The van der Waals surface area contributed by atoms with Crippen molar-refractivity contribution in [2.45, 2.75) is 25.4 Å². The van der Waals surface area contributed by atoms with Gasteiger partial charge < -0.3 is 19.6 Å². The third kappa shape index (κ3) is 4.31. The summed E-state index contributed by atoms with van der Waals surface area (Å²) in [6, 6.07) is 10.9. The number of amides is 4. The molecular formula is C25H22N4O7. The van der Waals surface area contributed by atoms with Gasteiger partial charge in [0.2, 0.25) is 17.7 Å². The first-order valence-electron chi connectivity index (χ1n) is 11.3. The number of nitrogens with zero attached hydrogens (tertiary/aromatic N) is 2. The lowest BCUT2D eigenvalue weighted by Gasteiger charge is -2.27. The summed E-state index contributed by atoms with van der Waals surface area (Å²) >= 11 is 0. The van der Waals surface area contributed by atoms with Gasteiger partial charge in [-0.2, -0.15) is 0 Å². The molecule has 2 aliphatic heterocycles. The van der Waals surface area contributed by atoms with E-state index in [0.717, 1.165) is 10.5 Å². The number of carbonyl (C=O) groups is 4. The van der Waals surface area contributed by atoms with Crippen LogP contribution in [-0.2, 0) is 16.1 Å². The number of piperidine rings is 1. The first kappa shape index (κ1) is 23.2. The number of aromatic nitrogens is 1. The van der Waals surface area contributed by atoms with Crippen LogP contribution in [0.15, 0.2) is 53.1 Å². The van der Waals surface area contributed by atoms with E-state index in [1.54, 1.807) is 42.6 Å². The standard InChI is InChI=1S/C25H22N4O7/c30-10-11-35-15-6-4-14(5-7-15)23-27-13-16(36-23)12-26-18-3-1-2-17-21(18)25(34)29(24(17)33)19-8-9-20(31)28-22(19)32/h1-7,13,19,26,30H,8-12H2,(H,28,31,32). The molecule has 11 nitrogen and oxygen atoms in total. The van der Waals surface area contributed by atoms with Gasteiger partial charge in [-0.3, -0.25) is 29.4 Å². The molecule has 3 N–H and O–H groups in total. The smallest absolute Gasteiger partial charge is 0.264 e. The van der Waals surface area contributed by atoms with E-state index < -0.39 is 29.7 Å². The lowest BCUT2D eigenvalue weighted by Crippen LogP contribution is -2.54. The quantitative estimate of drug-likeness (QED) is 0.401. The van der Waals surface area contributed by atoms with Crippen molar-refractivity contribution < 1.29 is 33.4 Å². The van der Waals surface area contributed by atoms with Gasteiger partial charge in [0.05, 0.1) is 30.5 Å². The number of aliphatic hydroxyl groups excluding tert-OH is 1. The molecular weight excluding hydrogens is 468 g/mol. The second-order valence-corrected chi connectivity index (χ2v) is 8.26. The highest BCUT2D eigenvalue weighted by molar-refractivity contribution is 6.25. The molecule has 5 rings (SSSR count). The Labute approximate surface area is 205 Å². The van der Waals surface area contributed by atoms with Gasteiger partial charge in [-0.15, -0.1) is 0 Å². The first-order valence-corrected chi connectivity index (χ1v) is 11.3. The Hall–Kier alpha value is -4.51. The molecule has 3 heterocycles. The van der Waals surface area contributed by atoms with E-state index >= 15 is 0 Å². The highest BCUT2D eigenvalue weighted by Crippen LogP contribution is 2.33. The number of hydrogen-bond donors (Lipinski definition) is 3. The van der Waals surface area contributed by atoms with Crippen molar-refractivity contribution in [3.05, 3.63) is 65.5 Å². The summed E-state index contributed by atoms with van der Waals surface area (Å²) < 4.78 is 11.2. The van der Waals surface area contributed by atoms with E-state index in [4.69, 9.17) is 14.3 Å². The van der Waals surface area contributed by atoms with Crippen LogP contribution in [-0.4, -0.2) is 57.9 Å². The predicted molar refractivity (Wildman–Crippen MR) is 125 cm³/mol. The van der Waals surface area contributed by atoms with Crippen LogP contribution >= 0.6 is 0 Å². The second-order valence-electron chi connectivity index (χ2n) is 8.26. The molecule has 11 heteroatoms. The van der Waals surface area contributed by atoms with Crippen molar-refractivity contribution >= 4 is 29.3 Å². The monoisotopic (exact) mass is 490 g/mol. The predicted octanol–water partition coefficient (Wildman–Crippen LogP) is 1.73. The maximum Gasteiger partial charge on any atom is 0.264 e. The largest absolute Gasteiger partial charge is 0.491 e. The van der Waals surface area contributed by atoms with Gasteiger partial charge in [0, 0.05) is 17.7 Å². The van der Waals surface area contributed by atoms with Crippen LogP contribution in [0, 0.1) is 0 Å². The molecule has 2 aliphatic rings. The average molecular weight is 490 g/mol. The summed E-state index contributed by atoms with van der Waals surface area (Å²) in [6.45, 7) is 0.328. The molecule has 0 bridgehead atoms. The number of anilines is 1. The zero-order chi connectivity index (χ0) is 25.2. The summed E-state index contributed by atoms with van der Waals surface area (Å²) in [6.07, 6.45) is 1.71. The molecule has 1 atom stereocenters. The van der Waals surface area contributed by atoms with Gasteiger partial charge >= 0.3 is 0 Å². The Morgan fingerprint density at radius 2 is 1.92 bits per heavy atom. The molecule has 0 radical (unpaired) electrons. The van der Waals surface area contributed by atoms with Crippen LogP contribution in [0.3, 0.4) is 0 Å². The number of rotatable bonds is 8. The van der Waals surface area contributed by atoms with Gasteiger partial charge in [0.15, 0.2) is 0 Å². The number of nitrogens with one attached hydrogen (secondary N) is 2. The summed E-state index contributed by atoms with van der Waals surface area (Å²) in [5.74, 6) is -0.721. The number of ether oxygens (including phenoxy) is 1. The molecule has 1 unspecified atom stereocenters. The van der Waals surface area contributed by atoms with Gasteiger partial charge in [-0.25, -0.2) is 4.98 Å². The van der Waals surface area contributed by atoms with Gasteiger partial charge in [-0.05, 0) is 42.8 Å². The van der Waals surface area contributed by atoms with E-state index in [1.807, 2.05) is 0 Å². The van der Waals surface area contributed by atoms with Crippen LogP contribution in [0.25, 0.3) is 11.5 Å². The number of benzene rings is 2. The van der Waals surface area contributed by atoms with Crippen LogP contribution in [0.1, 0.15) is 39.3 Å². The van der Waals surface area contributed by atoms with Crippen molar-refractivity contribution in [3.63, 3.8) is 0 Å².